The Hall–Kier alpha value is -1.89. The lowest BCUT2D eigenvalue weighted by Crippen LogP contribution is -1.96. The molecule has 2 rings (SSSR count). The molecule has 0 atom stereocenters. The SMILES string of the molecule is CCCCCCCCCc1nnc2ccc(C#N)cn12. The molecule has 0 N–H and O–H groups in total. The van der Waals surface area contributed by atoms with Gasteiger partial charge >= 0.3 is 0 Å². The van der Waals surface area contributed by atoms with Gasteiger partial charge < -0.3 is 0 Å². The zero-order valence-corrected chi connectivity index (χ0v) is 12.2. The summed E-state index contributed by atoms with van der Waals surface area (Å²) in [7, 11) is 0. The Morgan fingerprint density at radius 2 is 1.80 bits per heavy atom. The predicted molar refractivity (Wildman–Crippen MR) is 79.4 cm³/mol. The van der Waals surface area contributed by atoms with E-state index in [-0.39, 0.29) is 0 Å². The van der Waals surface area contributed by atoms with Crippen molar-refractivity contribution in [1.82, 2.24) is 14.6 Å². The van der Waals surface area contributed by atoms with Crippen LogP contribution in [0.25, 0.3) is 5.65 Å². The van der Waals surface area contributed by atoms with Crippen LogP contribution in [0.5, 0.6) is 0 Å². The Morgan fingerprint density at radius 3 is 2.55 bits per heavy atom. The summed E-state index contributed by atoms with van der Waals surface area (Å²) in [5, 5.41) is 17.3. The van der Waals surface area contributed by atoms with E-state index in [9.17, 15) is 0 Å². The highest BCUT2D eigenvalue weighted by Gasteiger charge is 2.05. The van der Waals surface area contributed by atoms with Gasteiger partial charge in [-0.25, -0.2) is 0 Å². The Morgan fingerprint density at radius 1 is 1.05 bits per heavy atom. The lowest BCUT2D eigenvalue weighted by Gasteiger charge is -2.01. The van der Waals surface area contributed by atoms with Gasteiger partial charge in [-0.3, -0.25) is 4.40 Å². The molecule has 0 amide bonds. The van der Waals surface area contributed by atoms with Crippen LogP contribution in [0.15, 0.2) is 18.3 Å². The van der Waals surface area contributed by atoms with E-state index >= 15 is 0 Å². The van der Waals surface area contributed by atoms with Crippen LogP contribution < -0.4 is 0 Å². The minimum atomic E-state index is 0.651. The second-order valence-corrected chi connectivity index (χ2v) is 5.25. The van der Waals surface area contributed by atoms with Gasteiger partial charge in [-0.05, 0) is 18.6 Å². The lowest BCUT2D eigenvalue weighted by atomic mass is 10.1. The molecule has 4 heteroatoms. The van der Waals surface area contributed by atoms with Crippen LogP contribution in [0.2, 0.25) is 0 Å². The van der Waals surface area contributed by atoms with Gasteiger partial charge in [-0.2, -0.15) is 5.26 Å². The molecule has 106 valence electrons. The number of aromatic nitrogens is 3. The van der Waals surface area contributed by atoms with Crippen LogP contribution in [0, 0.1) is 11.3 Å². The Bertz CT molecular complexity index is 580. The number of rotatable bonds is 8. The van der Waals surface area contributed by atoms with Crippen molar-refractivity contribution in [2.45, 2.75) is 58.3 Å². The molecule has 0 spiro atoms. The van der Waals surface area contributed by atoms with Gasteiger partial charge in [0.1, 0.15) is 11.9 Å². The van der Waals surface area contributed by atoms with E-state index in [4.69, 9.17) is 5.26 Å². The molecule has 2 aromatic heterocycles. The number of aryl methyl sites for hydroxylation is 1. The minimum Gasteiger partial charge on any atom is -0.285 e. The molecule has 2 aromatic rings. The van der Waals surface area contributed by atoms with Gasteiger partial charge in [-0.15, -0.1) is 10.2 Å². The second-order valence-electron chi connectivity index (χ2n) is 5.25. The van der Waals surface area contributed by atoms with Gasteiger partial charge in [-0.1, -0.05) is 45.4 Å². The van der Waals surface area contributed by atoms with Gasteiger partial charge in [0.15, 0.2) is 5.65 Å². The summed E-state index contributed by atoms with van der Waals surface area (Å²) in [4.78, 5) is 0. The van der Waals surface area contributed by atoms with Crippen LogP contribution in [0.4, 0.5) is 0 Å². The fraction of sp³-hybridized carbons (Fsp3) is 0.562. The van der Waals surface area contributed by atoms with E-state index < -0.39 is 0 Å². The fourth-order valence-corrected chi connectivity index (χ4v) is 2.42. The van der Waals surface area contributed by atoms with Crippen molar-refractivity contribution in [3.8, 4) is 6.07 Å². The fourth-order valence-electron chi connectivity index (χ4n) is 2.42. The number of hydrogen-bond acceptors (Lipinski definition) is 3. The molecule has 2 heterocycles. The summed E-state index contributed by atoms with van der Waals surface area (Å²) in [6, 6.07) is 5.78. The monoisotopic (exact) mass is 270 g/mol. The molecule has 0 aromatic carbocycles. The molecule has 0 aliphatic heterocycles. The Kier molecular flexibility index (Phi) is 5.55. The van der Waals surface area contributed by atoms with Crippen molar-refractivity contribution in [1.29, 1.82) is 5.26 Å². The number of hydrogen-bond donors (Lipinski definition) is 0. The zero-order chi connectivity index (χ0) is 14.2. The summed E-state index contributed by atoms with van der Waals surface area (Å²) >= 11 is 0. The average Bonchev–Trinajstić information content (AvgIpc) is 2.88. The summed E-state index contributed by atoms with van der Waals surface area (Å²) < 4.78 is 1.94. The smallest absolute Gasteiger partial charge is 0.160 e. The summed E-state index contributed by atoms with van der Waals surface area (Å²) in [6.07, 6.45) is 11.8. The van der Waals surface area contributed by atoms with E-state index in [0.717, 1.165) is 24.3 Å². The third-order valence-corrected chi connectivity index (χ3v) is 3.61. The molecule has 20 heavy (non-hydrogen) atoms. The van der Waals surface area contributed by atoms with E-state index in [1.54, 1.807) is 6.07 Å². The highest BCUT2D eigenvalue weighted by Crippen LogP contribution is 2.11. The van der Waals surface area contributed by atoms with Crippen LogP contribution in [-0.4, -0.2) is 14.6 Å². The van der Waals surface area contributed by atoms with E-state index in [1.165, 1.54) is 38.5 Å². The first-order valence-electron chi connectivity index (χ1n) is 7.59. The minimum absolute atomic E-state index is 0.651. The molecular weight excluding hydrogens is 248 g/mol. The van der Waals surface area contributed by atoms with Crippen LogP contribution >= 0.6 is 0 Å². The van der Waals surface area contributed by atoms with Crippen LogP contribution in [0.3, 0.4) is 0 Å². The summed E-state index contributed by atoms with van der Waals surface area (Å²) in [6.45, 7) is 2.24. The molecule has 0 aliphatic rings. The first-order chi connectivity index (χ1) is 9.85. The number of unbranched alkanes of at least 4 members (excludes halogenated alkanes) is 6. The number of nitrogens with zero attached hydrogens (tertiary/aromatic N) is 4. The number of nitriles is 1. The molecule has 0 bridgehead atoms. The molecular formula is C16H22N4. The van der Waals surface area contributed by atoms with E-state index in [1.807, 2.05) is 16.7 Å². The largest absolute Gasteiger partial charge is 0.285 e. The first-order valence-corrected chi connectivity index (χ1v) is 7.59. The molecule has 4 nitrogen and oxygen atoms in total. The van der Waals surface area contributed by atoms with E-state index in [2.05, 4.69) is 23.2 Å². The number of fused-ring (bicyclic) bond motifs is 1. The predicted octanol–water partition coefficient (Wildman–Crippen LogP) is 3.89. The van der Waals surface area contributed by atoms with Gasteiger partial charge in [0.2, 0.25) is 0 Å². The number of pyridine rings is 1. The third kappa shape index (κ3) is 3.80. The lowest BCUT2D eigenvalue weighted by molar-refractivity contribution is 0.583. The molecule has 0 fully saturated rings. The normalized spacial score (nSPS) is 10.8. The first kappa shape index (κ1) is 14.5. The van der Waals surface area contributed by atoms with Gasteiger partial charge in [0, 0.05) is 12.6 Å². The zero-order valence-electron chi connectivity index (χ0n) is 12.2. The van der Waals surface area contributed by atoms with E-state index in [0.29, 0.717) is 5.56 Å². The van der Waals surface area contributed by atoms with Crippen molar-refractivity contribution in [2.24, 2.45) is 0 Å². The molecule has 0 radical (unpaired) electrons. The average molecular weight is 270 g/mol. The maximum absolute atomic E-state index is 8.94. The maximum atomic E-state index is 8.94. The highest BCUT2D eigenvalue weighted by atomic mass is 15.2. The molecule has 0 aliphatic carbocycles. The molecule has 0 unspecified atom stereocenters. The summed E-state index contributed by atoms with van der Waals surface area (Å²) in [5.41, 5.74) is 1.47. The van der Waals surface area contributed by atoms with Crippen molar-refractivity contribution in [3.63, 3.8) is 0 Å². The highest BCUT2D eigenvalue weighted by molar-refractivity contribution is 5.42. The van der Waals surface area contributed by atoms with Gasteiger partial charge in [0.05, 0.1) is 5.56 Å². The third-order valence-electron chi connectivity index (χ3n) is 3.61. The second kappa shape index (κ2) is 7.64. The Balaban J connectivity index is 1.83. The Labute approximate surface area is 120 Å². The van der Waals surface area contributed by atoms with Crippen molar-refractivity contribution in [2.75, 3.05) is 0 Å². The van der Waals surface area contributed by atoms with Gasteiger partial charge in [0.25, 0.3) is 0 Å². The van der Waals surface area contributed by atoms with Crippen molar-refractivity contribution < 1.29 is 0 Å². The maximum Gasteiger partial charge on any atom is 0.160 e. The summed E-state index contributed by atoms with van der Waals surface area (Å²) in [5.74, 6) is 0.964. The van der Waals surface area contributed by atoms with Crippen molar-refractivity contribution >= 4 is 5.65 Å². The molecule has 0 saturated heterocycles. The standard InChI is InChI=1S/C16H22N4/c1-2-3-4-5-6-7-8-9-15-18-19-16-11-10-14(12-17)13-20(15)16/h10-11,13H,2-9H2,1H3. The molecule has 0 saturated carbocycles. The van der Waals surface area contributed by atoms with Crippen molar-refractivity contribution in [3.05, 3.63) is 29.7 Å². The quantitative estimate of drug-likeness (QED) is 0.684. The van der Waals surface area contributed by atoms with Crippen LogP contribution in [-0.2, 0) is 6.42 Å². The topological polar surface area (TPSA) is 54.0 Å². The van der Waals surface area contributed by atoms with Crippen LogP contribution in [0.1, 0.15) is 63.3 Å².